The van der Waals surface area contributed by atoms with Crippen molar-refractivity contribution in [3.05, 3.63) is 88.6 Å². The largest absolute Gasteiger partial charge is 0.492 e. The fourth-order valence-electron chi connectivity index (χ4n) is 7.02. The van der Waals surface area contributed by atoms with Gasteiger partial charge in [0.15, 0.2) is 5.84 Å². The van der Waals surface area contributed by atoms with Crippen LogP contribution in [-0.4, -0.2) is 117 Å². The average molecular weight is 922 g/mol. The Labute approximate surface area is 391 Å². The van der Waals surface area contributed by atoms with Gasteiger partial charge in [-0.25, -0.2) is 9.98 Å². The zero-order valence-electron chi connectivity index (χ0n) is 39.2. The molecular formula is C48H63N11O8. The van der Waals surface area contributed by atoms with Crippen molar-refractivity contribution in [3.63, 3.8) is 0 Å². The third kappa shape index (κ3) is 14.4. The second-order valence-electron chi connectivity index (χ2n) is 16.7. The van der Waals surface area contributed by atoms with Crippen molar-refractivity contribution in [2.45, 2.75) is 84.2 Å². The molecular weight excluding hydrogens is 859 g/mol. The summed E-state index contributed by atoms with van der Waals surface area (Å²) in [7, 11) is 1.40. The molecule has 1 aliphatic heterocycles. The van der Waals surface area contributed by atoms with E-state index in [0.717, 1.165) is 0 Å². The molecule has 0 saturated carbocycles. The predicted octanol–water partition coefficient (Wildman–Crippen LogP) is 2.17. The maximum absolute atomic E-state index is 14.7. The summed E-state index contributed by atoms with van der Waals surface area (Å²) in [5.41, 5.74) is 20.2. The lowest BCUT2D eigenvalue weighted by Crippen LogP contribution is -2.56. The minimum atomic E-state index is -1.42. The number of nitrogens with zero attached hydrogens (tertiary/aromatic N) is 4. The summed E-state index contributed by atoms with van der Waals surface area (Å²) in [6.45, 7) is 14.4. The lowest BCUT2D eigenvalue weighted by molar-refractivity contribution is -0.142. The van der Waals surface area contributed by atoms with Crippen molar-refractivity contribution >= 4 is 42.1 Å². The van der Waals surface area contributed by atoms with Crippen LogP contribution in [0.25, 0.3) is 11.1 Å². The minimum Gasteiger partial charge on any atom is -0.492 e. The highest BCUT2D eigenvalue weighted by molar-refractivity contribution is 6.03. The van der Waals surface area contributed by atoms with Crippen molar-refractivity contribution in [1.82, 2.24) is 26.2 Å². The van der Waals surface area contributed by atoms with Gasteiger partial charge in [0.05, 0.1) is 6.07 Å². The van der Waals surface area contributed by atoms with Gasteiger partial charge in [0, 0.05) is 54.5 Å². The van der Waals surface area contributed by atoms with Gasteiger partial charge < -0.3 is 57.6 Å². The number of fused-ring (bicyclic) bond motifs is 5. The smallest absolute Gasteiger partial charge is 0.249 e. The van der Waals surface area contributed by atoms with E-state index in [9.17, 15) is 24.0 Å². The lowest BCUT2D eigenvalue weighted by Gasteiger charge is -2.32. The summed E-state index contributed by atoms with van der Waals surface area (Å²) in [5.74, 6) is -1.74. The quantitative estimate of drug-likeness (QED) is 0.0444. The lowest BCUT2D eigenvalue weighted by atomic mass is 9.93. The van der Waals surface area contributed by atoms with Gasteiger partial charge in [-0.2, -0.15) is 5.26 Å². The molecule has 1 heterocycles. The summed E-state index contributed by atoms with van der Waals surface area (Å²) in [5, 5.41) is 19.8. The Kier molecular flexibility index (Phi) is 19.1. The molecule has 19 nitrogen and oxygen atoms in total. The van der Waals surface area contributed by atoms with Crippen LogP contribution in [0.3, 0.4) is 0 Å². The summed E-state index contributed by atoms with van der Waals surface area (Å²) in [4.78, 5) is 80.0. The number of nitriles is 1. The number of carbonyl (C=O) groups is 5. The molecule has 10 N–H and O–H groups in total. The SMILES string of the molecule is C=NC(=N/C(C)=C(\C)C(=O)N[C@@H](CCN)C(=O)N(C)[C@@H]1C(=O)N[C@@H](C)C(=O)N[C@H](C(=O)NCC#N)Cc2ccc(OCCN)c(c2)-c2cc1ccc2OCCN)c1ccc(OC(C)(C)C)cc1. The summed E-state index contributed by atoms with van der Waals surface area (Å²) in [6.07, 6.45) is -0.0178. The topological polar surface area (TPSA) is 291 Å². The standard InChI is InChI=1S/C48H63N11O8/c1-28(29(2)55-42(53-7)32-10-13-34(14-11-32)67-48(4,5)6)43(60)57-37(17-18-49)47(64)59(8)41-33-12-16-40(66-24-21-52)36(27-33)35-25-31(9-15-39(35)65-23-20-51)26-38(45(62)54-22-19-50)58-44(61)30(3)56-46(41)63/h9-16,25,27,30,37-38,41H,7,17-18,20-24,26,49,51-52H2,1-6,8H3,(H,54,62)(H,56,63)(H,57,60)(H,58,61)/b29-28+,55-42?/t30-,37-,38-,41-/m0/s1. The molecule has 3 aromatic carbocycles. The van der Waals surface area contributed by atoms with Gasteiger partial charge >= 0.3 is 0 Å². The molecule has 0 spiro atoms. The highest BCUT2D eigenvalue weighted by Gasteiger charge is 2.36. The molecule has 4 atom stereocenters. The van der Waals surface area contributed by atoms with Gasteiger partial charge in [-0.3, -0.25) is 24.0 Å². The molecule has 1 aliphatic rings. The molecule has 19 heteroatoms. The van der Waals surface area contributed by atoms with E-state index in [0.29, 0.717) is 50.8 Å². The molecule has 358 valence electrons. The predicted molar refractivity (Wildman–Crippen MR) is 255 cm³/mol. The molecule has 4 rings (SSSR count). The first-order chi connectivity index (χ1) is 31.8. The number of allylic oxidation sites excluding steroid dienone is 1. The van der Waals surface area contributed by atoms with Crippen molar-refractivity contribution in [2.24, 2.45) is 27.2 Å². The van der Waals surface area contributed by atoms with Crippen LogP contribution in [0.4, 0.5) is 0 Å². The van der Waals surface area contributed by atoms with Crippen molar-refractivity contribution in [2.75, 3.05) is 46.4 Å². The number of hydrogen-bond donors (Lipinski definition) is 7. The third-order valence-electron chi connectivity index (χ3n) is 10.5. The van der Waals surface area contributed by atoms with E-state index < -0.39 is 59.3 Å². The van der Waals surface area contributed by atoms with Crippen LogP contribution in [0.1, 0.15) is 70.7 Å². The highest BCUT2D eigenvalue weighted by atomic mass is 16.5. The van der Waals surface area contributed by atoms with Gasteiger partial charge in [-0.1, -0.05) is 12.1 Å². The molecule has 0 unspecified atom stereocenters. The Morgan fingerprint density at radius 3 is 2.13 bits per heavy atom. The summed E-state index contributed by atoms with van der Waals surface area (Å²) < 4.78 is 18.1. The minimum absolute atomic E-state index is 0.00501. The van der Waals surface area contributed by atoms with Crippen LogP contribution in [-0.2, 0) is 30.4 Å². The monoisotopic (exact) mass is 921 g/mol. The fourth-order valence-corrected chi connectivity index (χ4v) is 7.02. The maximum atomic E-state index is 14.7. The van der Waals surface area contributed by atoms with Crippen LogP contribution in [0.15, 0.2) is 81.9 Å². The summed E-state index contributed by atoms with van der Waals surface area (Å²) in [6, 6.07) is 14.1. The first-order valence-corrected chi connectivity index (χ1v) is 21.8. The second-order valence-corrected chi connectivity index (χ2v) is 16.7. The second kappa shape index (κ2) is 24.4. The van der Waals surface area contributed by atoms with E-state index in [1.807, 2.05) is 26.8 Å². The Balaban J connectivity index is 1.80. The number of carbonyl (C=O) groups excluding carboxylic acids is 5. The van der Waals surface area contributed by atoms with E-state index in [2.05, 4.69) is 38.0 Å². The number of nitrogens with two attached hydrogens (primary N) is 3. The van der Waals surface area contributed by atoms with Gasteiger partial charge in [-0.15, -0.1) is 0 Å². The fraction of sp³-hybridized carbons (Fsp3) is 0.417. The van der Waals surface area contributed by atoms with Gasteiger partial charge in [0.25, 0.3) is 0 Å². The van der Waals surface area contributed by atoms with Gasteiger partial charge in [0.1, 0.15) is 66.8 Å². The number of hydrogen-bond acceptors (Lipinski definition) is 13. The Bertz CT molecular complexity index is 2390. The molecule has 0 saturated heterocycles. The molecule has 4 bridgehead atoms. The third-order valence-corrected chi connectivity index (χ3v) is 10.5. The molecule has 3 aromatic rings. The number of ether oxygens (including phenoxy) is 3. The molecule has 0 fully saturated rings. The molecule has 5 amide bonds. The number of nitrogens with one attached hydrogen (secondary N) is 4. The van der Waals surface area contributed by atoms with Crippen LogP contribution >= 0.6 is 0 Å². The maximum Gasteiger partial charge on any atom is 0.249 e. The van der Waals surface area contributed by atoms with E-state index >= 15 is 0 Å². The molecule has 67 heavy (non-hydrogen) atoms. The normalized spacial score (nSPS) is 17.2. The van der Waals surface area contributed by atoms with Crippen LogP contribution in [0.5, 0.6) is 17.2 Å². The number of aliphatic imine (C=N–C) groups is 2. The van der Waals surface area contributed by atoms with Gasteiger partial charge in [0.2, 0.25) is 29.5 Å². The number of amides is 5. The first-order valence-electron chi connectivity index (χ1n) is 21.8. The van der Waals surface area contributed by atoms with E-state index in [1.165, 1.54) is 18.9 Å². The van der Waals surface area contributed by atoms with Crippen molar-refractivity contribution < 1.29 is 38.2 Å². The van der Waals surface area contributed by atoms with Crippen molar-refractivity contribution in [3.8, 4) is 34.4 Å². The number of likely N-dealkylation sites (N-methyl/N-ethyl adjacent to an activating group) is 1. The van der Waals surface area contributed by atoms with Crippen LogP contribution in [0, 0.1) is 11.3 Å². The number of rotatable bonds is 17. The first kappa shape index (κ1) is 52.5. The Hall–Kier alpha value is -7.14. The Morgan fingerprint density at radius 1 is 0.925 bits per heavy atom. The van der Waals surface area contributed by atoms with E-state index in [4.69, 9.17) is 36.7 Å². The highest BCUT2D eigenvalue weighted by Crippen LogP contribution is 2.40. The zero-order chi connectivity index (χ0) is 49.4. The van der Waals surface area contributed by atoms with Crippen molar-refractivity contribution in [1.29, 1.82) is 5.26 Å². The molecule has 0 aliphatic carbocycles. The van der Waals surface area contributed by atoms with E-state index in [-0.39, 0.29) is 63.6 Å². The zero-order valence-corrected chi connectivity index (χ0v) is 39.2. The number of benzene rings is 3. The van der Waals surface area contributed by atoms with Crippen LogP contribution < -0.4 is 52.7 Å². The summed E-state index contributed by atoms with van der Waals surface area (Å²) >= 11 is 0. The van der Waals surface area contributed by atoms with Crippen LogP contribution in [0.2, 0.25) is 0 Å². The van der Waals surface area contributed by atoms with E-state index in [1.54, 1.807) is 74.5 Å². The Morgan fingerprint density at radius 2 is 1.55 bits per heavy atom. The molecule has 0 radical (unpaired) electrons. The average Bonchev–Trinajstić information content (AvgIpc) is 3.29. The molecule has 0 aromatic heterocycles. The number of amidine groups is 1. The van der Waals surface area contributed by atoms with Gasteiger partial charge in [-0.05, 0) is 121 Å².